The lowest BCUT2D eigenvalue weighted by Gasteiger charge is -2.21. The molecular formula is C22H31N3O3S2. The molecule has 0 saturated carbocycles. The summed E-state index contributed by atoms with van der Waals surface area (Å²) in [4.78, 5) is 14.9. The number of amides is 2. The molecule has 2 aliphatic carbocycles. The van der Waals surface area contributed by atoms with Crippen molar-refractivity contribution in [3.63, 3.8) is 0 Å². The standard InChI is InChI=1S/C22H31N3O3S2/c1-29-13-12-25-11-4-7-18(25)10-14-30(27,28)24-22(26)23-21-19-8-2-5-16(19)15-17-6-3-9-20(17)21/h10,14-15,18H,2-9,11-13H2,1H3,(H2,23,24,26)/b14-10+. The number of nitrogens with zero attached hydrogens (tertiary/aromatic N) is 1. The number of sulfonamides is 1. The number of thioether (sulfide) groups is 1. The summed E-state index contributed by atoms with van der Waals surface area (Å²) in [5.41, 5.74) is 5.84. The van der Waals surface area contributed by atoms with Crippen LogP contribution in [-0.2, 0) is 35.7 Å². The molecule has 1 fully saturated rings. The zero-order valence-corrected chi connectivity index (χ0v) is 19.2. The molecule has 6 nitrogen and oxygen atoms in total. The van der Waals surface area contributed by atoms with Crippen LogP contribution >= 0.6 is 11.8 Å². The number of aryl methyl sites for hydroxylation is 2. The van der Waals surface area contributed by atoms with Gasteiger partial charge in [0.05, 0.1) is 0 Å². The van der Waals surface area contributed by atoms with Crippen LogP contribution in [0.3, 0.4) is 0 Å². The quantitative estimate of drug-likeness (QED) is 0.667. The van der Waals surface area contributed by atoms with E-state index in [9.17, 15) is 13.2 Å². The third kappa shape index (κ3) is 4.86. The van der Waals surface area contributed by atoms with Gasteiger partial charge in [0.2, 0.25) is 0 Å². The summed E-state index contributed by atoms with van der Waals surface area (Å²) in [6.45, 7) is 1.95. The summed E-state index contributed by atoms with van der Waals surface area (Å²) in [7, 11) is -3.83. The second-order valence-corrected chi connectivity index (χ2v) is 11.0. The van der Waals surface area contributed by atoms with Gasteiger partial charge >= 0.3 is 6.03 Å². The van der Waals surface area contributed by atoms with E-state index >= 15 is 0 Å². The van der Waals surface area contributed by atoms with Crippen molar-refractivity contribution in [3.05, 3.63) is 39.8 Å². The van der Waals surface area contributed by atoms with E-state index in [-0.39, 0.29) is 6.04 Å². The number of anilines is 1. The Kier molecular flexibility index (Phi) is 6.75. The number of hydrogen-bond donors (Lipinski definition) is 2. The molecule has 8 heteroatoms. The van der Waals surface area contributed by atoms with Gasteiger partial charge in [-0.2, -0.15) is 11.8 Å². The van der Waals surface area contributed by atoms with Gasteiger partial charge in [-0.05, 0) is 86.4 Å². The summed E-state index contributed by atoms with van der Waals surface area (Å²) in [6.07, 6.45) is 12.0. The Morgan fingerprint density at radius 3 is 2.53 bits per heavy atom. The first-order chi connectivity index (χ1) is 14.5. The Labute approximate surface area is 183 Å². The molecule has 3 aliphatic rings. The molecule has 1 aromatic rings. The van der Waals surface area contributed by atoms with Crippen LogP contribution < -0.4 is 10.0 Å². The van der Waals surface area contributed by atoms with Gasteiger partial charge < -0.3 is 5.32 Å². The molecule has 4 rings (SSSR count). The monoisotopic (exact) mass is 449 g/mol. The fourth-order valence-corrected chi connectivity index (χ4v) is 6.20. The van der Waals surface area contributed by atoms with E-state index < -0.39 is 16.1 Å². The SMILES string of the molecule is CSCCN1CCCC1/C=C/S(=O)(=O)NC(=O)Nc1c2c(cc3c1CCC3)CCC2. The third-order valence-corrected chi connectivity index (χ3v) is 8.00. The van der Waals surface area contributed by atoms with Crippen molar-refractivity contribution in [1.82, 2.24) is 9.62 Å². The van der Waals surface area contributed by atoms with Crippen molar-refractivity contribution in [2.45, 2.75) is 57.4 Å². The minimum atomic E-state index is -3.83. The van der Waals surface area contributed by atoms with Crippen molar-refractivity contribution in [3.8, 4) is 0 Å². The molecule has 0 bridgehead atoms. The number of likely N-dealkylation sites (tertiary alicyclic amines) is 1. The lowest BCUT2D eigenvalue weighted by molar-refractivity contribution is 0.256. The molecule has 0 spiro atoms. The predicted molar refractivity (Wildman–Crippen MR) is 124 cm³/mol. The van der Waals surface area contributed by atoms with Crippen LogP contribution in [0.15, 0.2) is 17.6 Å². The minimum absolute atomic E-state index is 0.123. The molecule has 1 heterocycles. The van der Waals surface area contributed by atoms with Crippen molar-refractivity contribution in [2.24, 2.45) is 0 Å². The number of urea groups is 1. The van der Waals surface area contributed by atoms with Gasteiger partial charge in [0.15, 0.2) is 0 Å². The third-order valence-electron chi connectivity index (χ3n) is 6.42. The molecule has 0 aromatic heterocycles. The number of carbonyl (C=O) groups is 1. The molecule has 1 unspecified atom stereocenters. The summed E-state index contributed by atoms with van der Waals surface area (Å²) >= 11 is 1.79. The number of benzene rings is 1. The molecule has 1 aliphatic heterocycles. The molecule has 1 saturated heterocycles. The maximum absolute atomic E-state index is 12.6. The average molecular weight is 450 g/mol. The number of nitrogens with one attached hydrogen (secondary N) is 2. The van der Waals surface area contributed by atoms with E-state index in [0.717, 1.165) is 81.3 Å². The van der Waals surface area contributed by atoms with Crippen molar-refractivity contribution >= 4 is 33.5 Å². The lowest BCUT2D eigenvalue weighted by Crippen LogP contribution is -2.34. The molecule has 2 N–H and O–H groups in total. The highest BCUT2D eigenvalue weighted by Crippen LogP contribution is 2.38. The van der Waals surface area contributed by atoms with E-state index in [1.54, 1.807) is 17.8 Å². The highest BCUT2D eigenvalue weighted by Gasteiger charge is 2.26. The molecule has 164 valence electrons. The number of rotatable bonds is 7. The topological polar surface area (TPSA) is 78.5 Å². The van der Waals surface area contributed by atoms with E-state index in [0.29, 0.717) is 0 Å². The van der Waals surface area contributed by atoms with E-state index in [2.05, 4.69) is 27.3 Å². The van der Waals surface area contributed by atoms with E-state index in [1.807, 2.05) is 0 Å². The van der Waals surface area contributed by atoms with Crippen molar-refractivity contribution in [1.29, 1.82) is 0 Å². The van der Waals surface area contributed by atoms with Gasteiger partial charge in [-0.1, -0.05) is 12.1 Å². The summed E-state index contributed by atoms with van der Waals surface area (Å²) < 4.78 is 27.2. The maximum atomic E-state index is 12.6. The highest BCUT2D eigenvalue weighted by atomic mass is 32.2. The fourth-order valence-electron chi connectivity index (χ4n) is 5.02. The lowest BCUT2D eigenvalue weighted by atomic mass is 9.99. The van der Waals surface area contributed by atoms with Crippen molar-refractivity contribution in [2.75, 3.05) is 30.4 Å². The Hall–Kier alpha value is -1.51. The Balaban J connectivity index is 1.42. The molecule has 1 atom stereocenters. The summed E-state index contributed by atoms with van der Waals surface area (Å²) in [5.74, 6) is 1.03. The number of carbonyl (C=O) groups excluding carboxylic acids is 1. The Morgan fingerprint density at radius 2 is 1.87 bits per heavy atom. The highest BCUT2D eigenvalue weighted by molar-refractivity contribution is 7.98. The van der Waals surface area contributed by atoms with Crippen molar-refractivity contribution < 1.29 is 13.2 Å². The van der Waals surface area contributed by atoms with Gasteiger partial charge in [-0.3, -0.25) is 4.90 Å². The van der Waals surface area contributed by atoms with Gasteiger partial charge in [0.1, 0.15) is 0 Å². The molecular weight excluding hydrogens is 418 g/mol. The van der Waals surface area contributed by atoms with Gasteiger partial charge in [0, 0.05) is 29.4 Å². The zero-order chi connectivity index (χ0) is 21.1. The fraction of sp³-hybridized carbons (Fsp3) is 0.591. The summed E-state index contributed by atoms with van der Waals surface area (Å²) in [6, 6.07) is 1.75. The van der Waals surface area contributed by atoms with Gasteiger partial charge in [-0.15, -0.1) is 0 Å². The Bertz CT molecular complexity index is 911. The normalized spacial score (nSPS) is 21.2. The molecule has 1 aromatic carbocycles. The largest absolute Gasteiger partial charge is 0.333 e. The van der Waals surface area contributed by atoms with E-state index in [1.165, 1.54) is 22.3 Å². The zero-order valence-electron chi connectivity index (χ0n) is 17.6. The summed E-state index contributed by atoms with van der Waals surface area (Å²) in [5, 5.41) is 4.05. The van der Waals surface area contributed by atoms with Crippen LogP contribution in [0.25, 0.3) is 0 Å². The van der Waals surface area contributed by atoms with Crippen LogP contribution in [0.1, 0.15) is 47.9 Å². The molecule has 0 radical (unpaired) electrons. The van der Waals surface area contributed by atoms with Crippen LogP contribution in [-0.4, -0.2) is 50.5 Å². The van der Waals surface area contributed by atoms with Gasteiger partial charge in [-0.25, -0.2) is 17.9 Å². The molecule has 30 heavy (non-hydrogen) atoms. The van der Waals surface area contributed by atoms with Crippen LogP contribution in [0.2, 0.25) is 0 Å². The Morgan fingerprint density at radius 1 is 1.17 bits per heavy atom. The first-order valence-electron chi connectivity index (χ1n) is 10.9. The van der Waals surface area contributed by atoms with Crippen LogP contribution in [0, 0.1) is 0 Å². The smallest absolute Gasteiger partial charge is 0.307 e. The molecule has 2 amide bonds. The van der Waals surface area contributed by atoms with Crippen LogP contribution in [0.4, 0.5) is 10.5 Å². The second kappa shape index (κ2) is 9.32. The minimum Gasteiger partial charge on any atom is -0.307 e. The first kappa shape index (κ1) is 21.7. The number of hydrogen-bond acceptors (Lipinski definition) is 5. The average Bonchev–Trinajstić information content (AvgIpc) is 3.44. The van der Waals surface area contributed by atoms with E-state index in [4.69, 9.17) is 0 Å². The first-order valence-corrected chi connectivity index (χ1v) is 13.8. The van der Waals surface area contributed by atoms with Gasteiger partial charge in [0.25, 0.3) is 10.0 Å². The van der Waals surface area contributed by atoms with Crippen LogP contribution in [0.5, 0.6) is 0 Å². The second-order valence-electron chi connectivity index (χ2n) is 8.40. The maximum Gasteiger partial charge on any atom is 0.333 e. The predicted octanol–water partition coefficient (Wildman–Crippen LogP) is 3.46. The number of fused-ring (bicyclic) bond motifs is 2.